The number of imide groups is 1. The Morgan fingerprint density at radius 2 is 1.61 bits per heavy atom. The first kappa shape index (κ1) is 23.1. The molecule has 4 amide bonds. The van der Waals surface area contributed by atoms with Gasteiger partial charge in [-0.1, -0.05) is 48.5 Å². The summed E-state index contributed by atoms with van der Waals surface area (Å²) < 4.78 is 5.28. The maximum Gasteiger partial charge on any atom is 0.325 e. The van der Waals surface area contributed by atoms with E-state index in [1.165, 1.54) is 4.90 Å². The highest BCUT2D eigenvalue weighted by Gasteiger charge is 2.48. The zero-order valence-corrected chi connectivity index (χ0v) is 19.9. The van der Waals surface area contributed by atoms with E-state index in [0.717, 1.165) is 22.1 Å². The number of carbonyl (C=O) groups excluding carboxylic acids is 3. The Labute approximate surface area is 208 Å². The van der Waals surface area contributed by atoms with Crippen LogP contribution in [0.15, 0.2) is 91.0 Å². The van der Waals surface area contributed by atoms with Crippen LogP contribution in [0.25, 0.3) is 10.8 Å². The number of para-hydroxylation sites is 1. The van der Waals surface area contributed by atoms with Crippen molar-refractivity contribution < 1.29 is 19.1 Å². The van der Waals surface area contributed by atoms with Gasteiger partial charge in [-0.05, 0) is 71.3 Å². The average molecular weight is 480 g/mol. The third kappa shape index (κ3) is 4.27. The molecule has 0 radical (unpaired) electrons. The van der Waals surface area contributed by atoms with Gasteiger partial charge in [0.2, 0.25) is 0 Å². The monoisotopic (exact) mass is 479 g/mol. The van der Waals surface area contributed by atoms with Gasteiger partial charge in [0.1, 0.15) is 11.3 Å². The van der Waals surface area contributed by atoms with Crippen LogP contribution in [0.1, 0.15) is 28.4 Å². The van der Waals surface area contributed by atoms with Crippen molar-refractivity contribution in [2.24, 2.45) is 0 Å². The predicted octanol–water partition coefficient (Wildman–Crippen LogP) is 5.07. The molecule has 1 atom stereocenters. The number of anilines is 1. The number of benzene rings is 4. The van der Waals surface area contributed by atoms with Crippen LogP contribution in [0.4, 0.5) is 10.5 Å². The molecule has 0 aromatic heterocycles. The summed E-state index contributed by atoms with van der Waals surface area (Å²) in [5.74, 6) is 0.192. The van der Waals surface area contributed by atoms with Gasteiger partial charge in [0.25, 0.3) is 11.8 Å². The van der Waals surface area contributed by atoms with Gasteiger partial charge in [-0.3, -0.25) is 14.5 Å². The van der Waals surface area contributed by atoms with Crippen LogP contribution < -0.4 is 15.4 Å². The van der Waals surface area contributed by atoms with Crippen LogP contribution in [-0.2, 0) is 16.9 Å². The quantitative estimate of drug-likeness (QED) is 0.378. The summed E-state index contributed by atoms with van der Waals surface area (Å²) in [4.78, 5) is 39.9. The zero-order valence-electron chi connectivity index (χ0n) is 19.9. The number of hydrogen-bond acceptors (Lipinski definition) is 4. The van der Waals surface area contributed by atoms with Gasteiger partial charge in [-0.2, -0.15) is 0 Å². The first-order valence-electron chi connectivity index (χ1n) is 11.5. The summed E-state index contributed by atoms with van der Waals surface area (Å²) in [7, 11) is 1.62. The van der Waals surface area contributed by atoms with E-state index in [1.807, 2.05) is 66.7 Å². The first-order chi connectivity index (χ1) is 17.4. The molecular formula is C29H25N3O4. The molecule has 0 bridgehead atoms. The molecule has 4 aromatic carbocycles. The minimum Gasteiger partial charge on any atom is -0.497 e. The normalized spacial score (nSPS) is 17.2. The second-order valence-electron chi connectivity index (χ2n) is 8.89. The SMILES string of the molecule is COc1ccc2cc([C@@]3(C)NC(=O)N(Cc4ccc(C(=O)Nc5ccccc5)cc4)C3=O)ccc2c1. The predicted molar refractivity (Wildman–Crippen MR) is 138 cm³/mol. The first-order valence-corrected chi connectivity index (χ1v) is 11.5. The Morgan fingerprint density at radius 1 is 0.917 bits per heavy atom. The maximum atomic E-state index is 13.4. The Bertz CT molecular complexity index is 1470. The highest BCUT2D eigenvalue weighted by molar-refractivity contribution is 6.07. The highest BCUT2D eigenvalue weighted by atomic mass is 16.5. The third-order valence-electron chi connectivity index (χ3n) is 6.49. The molecule has 1 aliphatic rings. The van der Waals surface area contributed by atoms with Crippen molar-refractivity contribution in [3.8, 4) is 5.75 Å². The lowest BCUT2D eigenvalue weighted by Crippen LogP contribution is -2.40. The summed E-state index contributed by atoms with van der Waals surface area (Å²) in [6.07, 6.45) is 0. The van der Waals surface area contributed by atoms with E-state index < -0.39 is 11.6 Å². The van der Waals surface area contributed by atoms with Crippen molar-refractivity contribution in [1.29, 1.82) is 0 Å². The molecular weight excluding hydrogens is 454 g/mol. The number of rotatable bonds is 6. The fourth-order valence-electron chi connectivity index (χ4n) is 4.37. The number of urea groups is 1. The molecule has 5 rings (SSSR count). The molecule has 1 aliphatic heterocycles. The van der Waals surface area contributed by atoms with Crippen LogP contribution >= 0.6 is 0 Å². The third-order valence-corrected chi connectivity index (χ3v) is 6.49. The number of fused-ring (bicyclic) bond motifs is 1. The molecule has 1 saturated heterocycles. The lowest BCUT2D eigenvalue weighted by molar-refractivity contribution is -0.131. The van der Waals surface area contributed by atoms with Crippen LogP contribution in [0.3, 0.4) is 0 Å². The van der Waals surface area contributed by atoms with E-state index >= 15 is 0 Å². The lowest BCUT2D eigenvalue weighted by atomic mass is 9.90. The van der Waals surface area contributed by atoms with Crippen LogP contribution in [0.5, 0.6) is 5.75 Å². The number of nitrogens with zero attached hydrogens (tertiary/aromatic N) is 1. The van der Waals surface area contributed by atoms with Crippen molar-refractivity contribution in [1.82, 2.24) is 10.2 Å². The van der Waals surface area contributed by atoms with Gasteiger partial charge in [-0.25, -0.2) is 4.79 Å². The molecule has 1 heterocycles. The summed E-state index contributed by atoms with van der Waals surface area (Å²) in [5.41, 5.74) is 1.45. The number of hydrogen-bond donors (Lipinski definition) is 2. The molecule has 4 aromatic rings. The summed E-state index contributed by atoms with van der Waals surface area (Å²) >= 11 is 0. The Hall–Kier alpha value is -4.65. The molecule has 0 saturated carbocycles. The van der Waals surface area contributed by atoms with Crippen molar-refractivity contribution >= 4 is 34.3 Å². The highest BCUT2D eigenvalue weighted by Crippen LogP contribution is 2.32. The summed E-state index contributed by atoms with van der Waals surface area (Å²) in [5, 5.41) is 7.62. The molecule has 180 valence electrons. The van der Waals surface area contributed by atoms with E-state index in [1.54, 1.807) is 38.3 Å². The Kier molecular flexibility index (Phi) is 5.90. The fourth-order valence-corrected chi connectivity index (χ4v) is 4.37. The lowest BCUT2D eigenvalue weighted by Gasteiger charge is -2.23. The molecule has 36 heavy (non-hydrogen) atoms. The second kappa shape index (κ2) is 9.19. The molecule has 7 nitrogen and oxygen atoms in total. The van der Waals surface area contributed by atoms with E-state index in [4.69, 9.17) is 4.74 Å². The fraction of sp³-hybridized carbons (Fsp3) is 0.138. The number of nitrogens with one attached hydrogen (secondary N) is 2. The summed E-state index contributed by atoms with van der Waals surface area (Å²) in [6, 6.07) is 27.0. The van der Waals surface area contributed by atoms with Gasteiger partial charge in [0.15, 0.2) is 0 Å². The van der Waals surface area contributed by atoms with Gasteiger partial charge in [0.05, 0.1) is 13.7 Å². The van der Waals surface area contributed by atoms with Crippen LogP contribution in [0, 0.1) is 0 Å². The number of amides is 4. The molecule has 0 unspecified atom stereocenters. The van der Waals surface area contributed by atoms with Crippen molar-refractivity contribution in [3.05, 3.63) is 108 Å². The number of carbonyl (C=O) groups is 3. The van der Waals surface area contributed by atoms with Crippen LogP contribution in [0.2, 0.25) is 0 Å². The van der Waals surface area contributed by atoms with Gasteiger partial charge in [0, 0.05) is 11.3 Å². The molecule has 1 fully saturated rings. The van der Waals surface area contributed by atoms with Gasteiger partial charge < -0.3 is 15.4 Å². The van der Waals surface area contributed by atoms with Crippen molar-refractivity contribution in [2.75, 3.05) is 12.4 Å². The Balaban J connectivity index is 1.32. The molecule has 7 heteroatoms. The van der Waals surface area contributed by atoms with E-state index in [2.05, 4.69) is 10.6 Å². The molecule has 0 aliphatic carbocycles. The van der Waals surface area contributed by atoms with Crippen molar-refractivity contribution in [2.45, 2.75) is 19.0 Å². The Morgan fingerprint density at radius 3 is 2.33 bits per heavy atom. The second-order valence-corrected chi connectivity index (χ2v) is 8.89. The van der Waals surface area contributed by atoms with Crippen LogP contribution in [-0.4, -0.2) is 29.9 Å². The number of ether oxygens (including phenoxy) is 1. The minimum atomic E-state index is -1.18. The van der Waals surface area contributed by atoms with Crippen molar-refractivity contribution in [3.63, 3.8) is 0 Å². The largest absolute Gasteiger partial charge is 0.497 e. The topological polar surface area (TPSA) is 87.7 Å². The van der Waals surface area contributed by atoms with Gasteiger partial charge in [-0.15, -0.1) is 0 Å². The number of methoxy groups -OCH3 is 1. The van der Waals surface area contributed by atoms with E-state index in [-0.39, 0.29) is 18.4 Å². The molecule has 2 N–H and O–H groups in total. The average Bonchev–Trinajstić information content (AvgIpc) is 3.12. The zero-order chi connectivity index (χ0) is 25.3. The van der Waals surface area contributed by atoms with E-state index in [9.17, 15) is 14.4 Å². The minimum absolute atomic E-state index is 0.103. The smallest absolute Gasteiger partial charge is 0.325 e. The van der Waals surface area contributed by atoms with E-state index in [0.29, 0.717) is 16.8 Å². The summed E-state index contributed by atoms with van der Waals surface area (Å²) in [6.45, 7) is 1.82. The standard InChI is InChI=1S/C29H25N3O4/c1-29(23-14-12-22-17-25(36-2)15-13-21(22)16-23)27(34)32(28(35)31-29)18-19-8-10-20(11-9-19)26(33)30-24-6-4-3-5-7-24/h3-17H,18H2,1-2H3,(H,30,33)(H,31,35)/t29-/m1/s1. The van der Waals surface area contributed by atoms with Gasteiger partial charge >= 0.3 is 6.03 Å². The molecule has 0 spiro atoms. The maximum absolute atomic E-state index is 13.4.